The van der Waals surface area contributed by atoms with Crippen LogP contribution in [-0.4, -0.2) is 10.1 Å². The zero-order valence-electron chi connectivity index (χ0n) is 12.8. The number of aromatic nitrogens is 1. The van der Waals surface area contributed by atoms with Gasteiger partial charge in [0.1, 0.15) is 0 Å². The van der Waals surface area contributed by atoms with Gasteiger partial charge in [0.15, 0.2) is 5.11 Å². The molecule has 3 rings (SSSR count). The van der Waals surface area contributed by atoms with Crippen LogP contribution in [0.2, 0.25) is 0 Å². The van der Waals surface area contributed by atoms with Gasteiger partial charge in [-0.15, -0.1) is 0 Å². The highest BCUT2D eigenvalue weighted by Crippen LogP contribution is 2.38. The van der Waals surface area contributed by atoms with Gasteiger partial charge in [0.05, 0.1) is 17.4 Å². The quantitative estimate of drug-likeness (QED) is 0.835. The highest BCUT2D eigenvalue weighted by atomic mass is 32.1. The van der Waals surface area contributed by atoms with Crippen LogP contribution in [-0.2, 0) is 5.54 Å². The van der Waals surface area contributed by atoms with Crippen molar-refractivity contribution >= 4 is 23.0 Å². The molecule has 0 aliphatic heterocycles. The molecule has 0 bridgehead atoms. The standard InChI is InChI=1S/C18H21N3S/c1-14-6-8-15(9-7-14)18(10-2-3-11-18)21-17(22)20-16-5-4-12-19-13-16/h4-9,12-13H,2-3,10-11H2,1H3,(H2,20,21,22). The second-order valence-corrected chi connectivity index (χ2v) is 6.38. The molecule has 0 radical (unpaired) electrons. The Morgan fingerprint density at radius 2 is 1.86 bits per heavy atom. The van der Waals surface area contributed by atoms with Gasteiger partial charge in [-0.05, 0) is 49.7 Å². The molecule has 114 valence electrons. The Labute approximate surface area is 137 Å². The topological polar surface area (TPSA) is 37.0 Å². The molecule has 3 nitrogen and oxygen atoms in total. The fourth-order valence-corrected chi connectivity index (χ4v) is 3.47. The maximum atomic E-state index is 5.52. The van der Waals surface area contributed by atoms with Crippen LogP contribution in [0, 0.1) is 6.92 Å². The number of nitrogens with one attached hydrogen (secondary N) is 2. The number of rotatable bonds is 3. The summed E-state index contributed by atoms with van der Waals surface area (Å²) < 4.78 is 0. The summed E-state index contributed by atoms with van der Waals surface area (Å²) in [6.45, 7) is 2.12. The van der Waals surface area contributed by atoms with Gasteiger partial charge < -0.3 is 10.6 Å². The maximum Gasteiger partial charge on any atom is 0.171 e. The average Bonchev–Trinajstić information content (AvgIpc) is 2.98. The molecule has 1 aliphatic carbocycles. The Kier molecular flexibility index (Phi) is 4.39. The van der Waals surface area contributed by atoms with Gasteiger partial charge >= 0.3 is 0 Å². The molecule has 1 aromatic heterocycles. The zero-order chi connectivity index (χ0) is 15.4. The van der Waals surface area contributed by atoms with E-state index in [1.54, 1.807) is 12.4 Å². The van der Waals surface area contributed by atoms with E-state index in [0.29, 0.717) is 5.11 Å². The molecule has 2 aromatic rings. The molecule has 0 saturated heterocycles. The molecule has 22 heavy (non-hydrogen) atoms. The molecule has 1 aliphatic rings. The SMILES string of the molecule is Cc1ccc(C2(NC(=S)Nc3cccnc3)CCCC2)cc1. The number of pyridine rings is 1. The monoisotopic (exact) mass is 311 g/mol. The van der Waals surface area contributed by atoms with Crippen molar-refractivity contribution in [2.45, 2.75) is 38.1 Å². The minimum Gasteiger partial charge on any atom is -0.353 e. The molecule has 0 spiro atoms. The highest BCUT2D eigenvalue weighted by Gasteiger charge is 2.36. The molecule has 1 saturated carbocycles. The number of benzene rings is 1. The number of thiocarbonyl (C=S) groups is 1. The summed E-state index contributed by atoms with van der Waals surface area (Å²) >= 11 is 5.52. The molecular weight excluding hydrogens is 290 g/mol. The summed E-state index contributed by atoms with van der Waals surface area (Å²) in [6, 6.07) is 12.7. The van der Waals surface area contributed by atoms with Crippen LogP contribution in [0.5, 0.6) is 0 Å². The van der Waals surface area contributed by atoms with Crippen LogP contribution in [0.25, 0.3) is 0 Å². The van der Waals surface area contributed by atoms with E-state index in [9.17, 15) is 0 Å². The third-order valence-corrected chi connectivity index (χ3v) is 4.54. The first-order chi connectivity index (χ1) is 10.7. The molecular formula is C18H21N3S. The second kappa shape index (κ2) is 6.44. The summed E-state index contributed by atoms with van der Waals surface area (Å²) in [5.74, 6) is 0. The summed E-state index contributed by atoms with van der Waals surface area (Å²) in [4.78, 5) is 4.10. The van der Waals surface area contributed by atoms with E-state index in [0.717, 1.165) is 18.5 Å². The van der Waals surface area contributed by atoms with Gasteiger partial charge in [-0.2, -0.15) is 0 Å². The largest absolute Gasteiger partial charge is 0.353 e. The Bertz CT molecular complexity index is 631. The van der Waals surface area contributed by atoms with Crippen LogP contribution in [0.3, 0.4) is 0 Å². The predicted molar refractivity (Wildman–Crippen MR) is 94.9 cm³/mol. The van der Waals surface area contributed by atoms with Crippen molar-refractivity contribution in [3.8, 4) is 0 Å². The van der Waals surface area contributed by atoms with E-state index in [-0.39, 0.29) is 5.54 Å². The van der Waals surface area contributed by atoms with Gasteiger partial charge in [-0.25, -0.2) is 0 Å². The van der Waals surface area contributed by atoms with Gasteiger partial charge in [-0.3, -0.25) is 4.98 Å². The molecule has 1 aromatic carbocycles. The summed E-state index contributed by atoms with van der Waals surface area (Å²) in [7, 11) is 0. The van der Waals surface area contributed by atoms with Gasteiger partial charge in [0.2, 0.25) is 0 Å². The van der Waals surface area contributed by atoms with E-state index < -0.39 is 0 Å². The Morgan fingerprint density at radius 3 is 2.50 bits per heavy atom. The molecule has 1 heterocycles. The van der Waals surface area contributed by atoms with Gasteiger partial charge in [-0.1, -0.05) is 42.7 Å². The lowest BCUT2D eigenvalue weighted by molar-refractivity contribution is 0.408. The summed E-state index contributed by atoms with van der Waals surface area (Å²) in [5, 5.41) is 7.46. The number of hydrogen-bond acceptors (Lipinski definition) is 2. The first kappa shape index (κ1) is 15.0. The minimum absolute atomic E-state index is 0.0417. The van der Waals surface area contributed by atoms with E-state index in [4.69, 9.17) is 12.2 Å². The summed E-state index contributed by atoms with van der Waals surface area (Å²) in [5.41, 5.74) is 3.48. The Morgan fingerprint density at radius 1 is 1.14 bits per heavy atom. The van der Waals surface area contributed by atoms with Crippen LogP contribution in [0.15, 0.2) is 48.8 Å². The van der Waals surface area contributed by atoms with Crippen LogP contribution < -0.4 is 10.6 Å². The smallest absolute Gasteiger partial charge is 0.171 e. The first-order valence-corrected chi connectivity index (χ1v) is 8.15. The van der Waals surface area contributed by atoms with E-state index in [2.05, 4.69) is 46.8 Å². The lowest BCUT2D eigenvalue weighted by Gasteiger charge is -2.32. The van der Waals surface area contributed by atoms with Crippen molar-refractivity contribution in [2.75, 3.05) is 5.32 Å². The first-order valence-electron chi connectivity index (χ1n) is 7.74. The third kappa shape index (κ3) is 3.28. The number of anilines is 1. The molecule has 2 N–H and O–H groups in total. The zero-order valence-corrected chi connectivity index (χ0v) is 13.6. The van der Waals surface area contributed by atoms with E-state index in [1.165, 1.54) is 24.0 Å². The Hall–Kier alpha value is -1.94. The van der Waals surface area contributed by atoms with Crippen LogP contribution in [0.1, 0.15) is 36.8 Å². The van der Waals surface area contributed by atoms with Gasteiger partial charge in [0.25, 0.3) is 0 Å². The molecule has 1 fully saturated rings. The lowest BCUT2D eigenvalue weighted by atomic mass is 9.88. The van der Waals surface area contributed by atoms with Crippen molar-refractivity contribution in [1.29, 1.82) is 0 Å². The van der Waals surface area contributed by atoms with E-state index >= 15 is 0 Å². The Balaban J connectivity index is 1.77. The van der Waals surface area contributed by atoms with Crippen molar-refractivity contribution < 1.29 is 0 Å². The normalized spacial score (nSPS) is 16.2. The lowest BCUT2D eigenvalue weighted by Crippen LogP contribution is -2.45. The van der Waals surface area contributed by atoms with Crippen molar-refractivity contribution in [2.24, 2.45) is 0 Å². The fraction of sp³-hybridized carbons (Fsp3) is 0.333. The number of nitrogens with zero attached hydrogens (tertiary/aromatic N) is 1. The van der Waals surface area contributed by atoms with Crippen molar-refractivity contribution in [3.05, 3.63) is 59.9 Å². The fourth-order valence-electron chi connectivity index (χ4n) is 3.15. The van der Waals surface area contributed by atoms with E-state index in [1.807, 2.05) is 12.1 Å². The van der Waals surface area contributed by atoms with Gasteiger partial charge in [0, 0.05) is 6.20 Å². The highest BCUT2D eigenvalue weighted by molar-refractivity contribution is 7.80. The predicted octanol–water partition coefficient (Wildman–Crippen LogP) is 4.15. The minimum atomic E-state index is -0.0417. The maximum absolute atomic E-state index is 5.52. The molecule has 4 heteroatoms. The summed E-state index contributed by atoms with van der Waals surface area (Å²) in [6.07, 6.45) is 8.23. The number of aryl methyl sites for hydroxylation is 1. The van der Waals surface area contributed by atoms with Crippen molar-refractivity contribution in [1.82, 2.24) is 10.3 Å². The third-order valence-electron chi connectivity index (χ3n) is 4.33. The van der Waals surface area contributed by atoms with Crippen molar-refractivity contribution in [3.63, 3.8) is 0 Å². The molecule has 0 amide bonds. The molecule has 0 atom stereocenters. The van der Waals surface area contributed by atoms with Crippen LogP contribution >= 0.6 is 12.2 Å². The van der Waals surface area contributed by atoms with Crippen LogP contribution in [0.4, 0.5) is 5.69 Å². The number of hydrogen-bond donors (Lipinski definition) is 2. The molecule has 0 unspecified atom stereocenters. The average molecular weight is 311 g/mol. The second-order valence-electron chi connectivity index (χ2n) is 5.98.